The Morgan fingerprint density at radius 1 is 1.32 bits per heavy atom. The first kappa shape index (κ1) is 13.8. The topological polar surface area (TPSA) is 86.7 Å². The summed E-state index contributed by atoms with van der Waals surface area (Å²) in [4.78, 5) is 36.7. The Kier molecular flexibility index (Phi) is 4.07. The van der Waals surface area contributed by atoms with Crippen LogP contribution in [0.2, 0.25) is 0 Å². The highest BCUT2D eigenvalue weighted by molar-refractivity contribution is 5.92. The van der Waals surface area contributed by atoms with Crippen molar-refractivity contribution in [3.8, 4) is 0 Å². The van der Waals surface area contributed by atoms with Crippen LogP contribution in [0.15, 0.2) is 0 Å². The molecule has 1 aliphatic carbocycles. The van der Waals surface area contributed by atoms with Crippen molar-refractivity contribution < 1.29 is 19.5 Å². The monoisotopic (exact) mass is 268 g/mol. The SMILES string of the molecule is CC[C@H](NC(=O)C1CCCN1C(=O)C1CC1)C(=O)O. The minimum atomic E-state index is -1.03. The maximum atomic E-state index is 12.1. The highest BCUT2D eigenvalue weighted by Crippen LogP contribution is 2.33. The van der Waals surface area contributed by atoms with Gasteiger partial charge in [-0.25, -0.2) is 4.79 Å². The van der Waals surface area contributed by atoms with Crippen LogP contribution >= 0.6 is 0 Å². The summed E-state index contributed by atoms with van der Waals surface area (Å²) in [7, 11) is 0. The van der Waals surface area contributed by atoms with Gasteiger partial charge in [-0.15, -0.1) is 0 Å². The number of rotatable bonds is 5. The van der Waals surface area contributed by atoms with Crippen molar-refractivity contribution in [2.24, 2.45) is 5.92 Å². The molecule has 6 nitrogen and oxygen atoms in total. The summed E-state index contributed by atoms with van der Waals surface area (Å²) >= 11 is 0. The standard InChI is InChI=1S/C13H20N2O4/c1-2-9(13(18)19)14-11(16)10-4-3-7-15(10)12(17)8-5-6-8/h8-10H,2-7H2,1H3,(H,14,16)(H,18,19)/t9-,10?/m0/s1. The predicted molar refractivity (Wildman–Crippen MR) is 67.3 cm³/mol. The fraction of sp³-hybridized carbons (Fsp3) is 0.769. The van der Waals surface area contributed by atoms with E-state index in [0.29, 0.717) is 19.4 Å². The molecular weight excluding hydrogens is 248 g/mol. The minimum absolute atomic E-state index is 0.0565. The van der Waals surface area contributed by atoms with Crippen LogP contribution in [0.3, 0.4) is 0 Å². The van der Waals surface area contributed by atoms with E-state index in [1.54, 1.807) is 11.8 Å². The van der Waals surface area contributed by atoms with Gasteiger partial charge in [-0.1, -0.05) is 6.92 Å². The van der Waals surface area contributed by atoms with Crippen LogP contribution in [-0.4, -0.2) is 46.4 Å². The van der Waals surface area contributed by atoms with Crippen LogP contribution < -0.4 is 5.32 Å². The van der Waals surface area contributed by atoms with Gasteiger partial charge in [0.2, 0.25) is 11.8 Å². The molecule has 2 aliphatic rings. The van der Waals surface area contributed by atoms with E-state index in [2.05, 4.69) is 5.32 Å². The minimum Gasteiger partial charge on any atom is -0.480 e. The van der Waals surface area contributed by atoms with Crippen molar-refractivity contribution in [1.82, 2.24) is 10.2 Å². The molecule has 19 heavy (non-hydrogen) atoms. The first-order valence-electron chi connectivity index (χ1n) is 6.88. The zero-order chi connectivity index (χ0) is 14.0. The average molecular weight is 268 g/mol. The Labute approximate surface area is 112 Å². The number of aliphatic carboxylic acids is 1. The molecule has 1 saturated carbocycles. The number of likely N-dealkylation sites (tertiary alicyclic amines) is 1. The van der Waals surface area contributed by atoms with E-state index in [9.17, 15) is 14.4 Å². The lowest BCUT2D eigenvalue weighted by atomic mass is 10.1. The van der Waals surface area contributed by atoms with Gasteiger partial charge in [0, 0.05) is 12.5 Å². The van der Waals surface area contributed by atoms with Gasteiger partial charge in [-0.05, 0) is 32.1 Å². The van der Waals surface area contributed by atoms with Crippen molar-refractivity contribution >= 4 is 17.8 Å². The molecular formula is C13H20N2O4. The highest BCUT2D eigenvalue weighted by atomic mass is 16.4. The molecule has 0 radical (unpaired) electrons. The number of carbonyl (C=O) groups excluding carboxylic acids is 2. The van der Waals surface area contributed by atoms with Gasteiger partial charge in [0.05, 0.1) is 0 Å². The number of carboxylic acids is 1. The molecule has 1 heterocycles. The van der Waals surface area contributed by atoms with Crippen molar-refractivity contribution in [2.45, 2.75) is 51.1 Å². The van der Waals surface area contributed by atoms with Crippen LogP contribution in [0.5, 0.6) is 0 Å². The molecule has 1 saturated heterocycles. The van der Waals surface area contributed by atoms with Crippen LogP contribution in [-0.2, 0) is 14.4 Å². The largest absolute Gasteiger partial charge is 0.480 e. The smallest absolute Gasteiger partial charge is 0.326 e. The van der Waals surface area contributed by atoms with Gasteiger partial charge in [0.15, 0.2) is 0 Å². The normalized spacial score (nSPS) is 24.1. The quantitative estimate of drug-likeness (QED) is 0.754. The van der Waals surface area contributed by atoms with E-state index >= 15 is 0 Å². The molecule has 2 atom stereocenters. The summed E-state index contributed by atoms with van der Waals surface area (Å²) in [5, 5.41) is 11.5. The number of nitrogens with one attached hydrogen (secondary N) is 1. The second-order valence-corrected chi connectivity index (χ2v) is 5.27. The van der Waals surface area contributed by atoms with Crippen LogP contribution in [0.1, 0.15) is 39.0 Å². The van der Waals surface area contributed by atoms with Crippen molar-refractivity contribution in [2.75, 3.05) is 6.54 Å². The molecule has 2 amide bonds. The molecule has 0 aromatic heterocycles. The summed E-state index contributed by atoms with van der Waals surface area (Å²) in [6.07, 6.45) is 3.60. The maximum Gasteiger partial charge on any atom is 0.326 e. The number of hydrogen-bond acceptors (Lipinski definition) is 3. The van der Waals surface area contributed by atoms with Crippen molar-refractivity contribution in [3.63, 3.8) is 0 Å². The van der Waals surface area contributed by atoms with E-state index in [1.807, 2.05) is 0 Å². The zero-order valence-corrected chi connectivity index (χ0v) is 11.1. The van der Waals surface area contributed by atoms with Gasteiger partial charge < -0.3 is 15.3 Å². The number of hydrogen-bond donors (Lipinski definition) is 2. The highest BCUT2D eigenvalue weighted by Gasteiger charge is 2.41. The molecule has 0 aromatic carbocycles. The number of amides is 2. The van der Waals surface area contributed by atoms with E-state index < -0.39 is 18.1 Å². The van der Waals surface area contributed by atoms with E-state index in [0.717, 1.165) is 19.3 Å². The lowest BCUT2D eigenvalue weighted by Gasteiger charge is -2.25. The summed E-state index contributed by atoms with van der Waals surface area (Å²) in [6.45, 7) is 2.32. The number of nitrogens with zero attached hydrogens (tertiary/aromatic N) is 1. The lowest BCUT2D eigenvalue weighted by molar-refractivity contribution is -0.144. The van der Waals surface area contributed by atoms with E-state index in [1.165, 1.54) is 0 Å². The molecule has 2 fully saturated rings. The Hall–Kier alpha value is -1.59. The maximum absolute atomic E-state index is 12.1. The zero-order valence-electron chi connectivity index (χ0n) is 11.1. The number of carbonyl (C=O) groups is 3. The summed E-state index contributed by atoms with van der Waals surface area (Å²) in [6, 6.07) is -1.35. The second kappa shape index (κ2) is 5.59. The summed E-state index contributed by atoms with van der Waals surface area (Å²) < 4.78 is 0. The van der Waals surface area contributed by atoms with E-state index in [4.69, 9.17) is 5.11 Å². The molecule has 106 valence electrons. The van der Waals surface area contributed by atoms with Gasteiger partial charge in [0.1, 0.15) is 12.1 Å². The molecule has 0 spiro atoms. The van der Waals surface area contributed by atoms with Gasteiger partial charge in [0.25, 0.3) is 0 Å². The molecule has 2 rings (SSSR count). The molecule has 6 heteroatoms. The lowest BCUT2D eigenvalue weighted by Crippen LogP contribution is -2.51. The fourth-order valence-electron chi connectivity index (χ4n) is 2.47. The third kappa shape index (κ3) is 3.05. The van der Waals surface area contributed by atoms with Crippen LogP contribution in [0, 0.1) is 5.92 Å². The molecule has 2 N–H and O–H groups in total. The predicted octanol–water partition coefficient (Wildman–Crippen LogP) is 0.367. The average Bonchev–Trinajstić information content (AvgIpc) is 3.11. The third-order valence-corrected chi connectivity index (χ3v) is 3.79. The summed E-state index contributed by atoms with van der Waals surface area (Å²) in [5.41, 5.74) is 0. The van der Waals surface area contributed by atoms with Gasteiger partial charge >= 0.3 is 5.97 Å². The van der Waals surface area contributed by atoms with Crippen LogP contribution in [0.4, 0.5) is 0 Å². The van der Waals surface area contributed by atoms with Gasteiger partial charge in [-0.2, -0.15) is 0 Å². The Morgan fingerprint density at radius 3 is 2.53 bits per heavy atom. The fourth-order valence-corrected chi connectivity index (χ4v) is 2.47. The molecule has 0 aromatic rings. The van der Waals surface area contributed by atoms with Crippen LogP contribution in [0.25, 0.3) is 0 Å². The first-order chi connectivity index (χ1) is 9.04. The molecule has 1 unspecified atom stereocenters. The Morgan fingerprint density at radius 2 is 2.00 bits per heavy atom. The summed E-state index contributed by atoms with van der Waals surface area (Å²) in [5.74, 6) is -1.22. The van der Waals surface area contributed by atoms with E-state index in [-0.39, 0.29) is 17.7 Å². The van der Waals surface area contributed by atoms with Crippen molar-refractivity contribution in [1.29, 1.82) is 0 Å². The Balaban J connectivity index is 1.97. The molecule has 1 aliphatic heterocycles. The Bertz CT molecular complexity index is 392. The van der Waals surface area contributed by atoms with Gasteiger partial charge in [-0.3, -0.25) is 9.59 Å². The van der Waals surface area contributed by atoms with Crippen molar-refractivity contribution in [3.05, 3.63) is 0 Å². The second-order valence-electron chi connectivity index (χ2n) is 5.27. The molecule has 0 bridgehead atoms. The first-order valence-corrected chi connectivity index (χ1v) is 6.88. The third-order valence-electron chi connectivity index (χ3n) is 3.79. The number of carboxylic acid groups (broad SMARTS) is 1.